The maximum absolute atomic E-state index is 4.66. The van der Waals surface area contributed by atoms with Crippen molar-refractivity contribution in [2.45, 2.75) is 72.9 Å². The number of rotatable bonds is 6. The molecule has 1 aromatic rings. The lowest BCUT2D eigenvalue weighted by Gasteiger charge is -2.37. The van der Waals surface area contributed by atoms with Crippen LogP contribution in [0.2, 0.25) is 0 Å². The van der Waals surface area contributed by atoms with Gasteiger partial charge < -0.3 is 5.32 Å². The molecular formula is C18H33N3. The van der Waals surface area contributed by atoms with E-state index in [-0.39, 0.29) is 0 Å². The third-order valence-electron chi connectivity index (χ3n) is 5.28. The molecule has 3 heteroatoms. The van der Waals surface area contributed by atoms with Gasteiger partial charge in [0.15, 0.2) is 0 Å². The molecule has 1 aliphatic rings. The molecule has 4 atom stereocenters. The fraction of sp³-hybridized carbons (Fsp3) is 0.833. The van der Waals surface area contributed by atoms with Gasteiger partial charge >= 0.3 is 0 Å². The summed E-state index contributed by atoms with van der Waals surface area (Å²) in [7, 11) is 0. The van der Waals surface area contributed by atoms with Crippen LogP contribution in [0.15, 0.2) is 6.07 Å². The quantitative estimate of drug-likeness (QED) is 0.845. The minimum Gasteiger partial charge on any atom is -0.308 e. The Kier molecular flexibility index (Phi) is 5.86. The van der Waals surface area contributed by atoms with Crippen LogP contribution in [0.4, 0.5) is 0 Å². The highest BCUT2D eigenvalue weighted by atomic mass is 15.3. The van der Waals surface area contributed by atoms with Crippen LogP contribution in [0.1, 0.15) is 70.8 Å². The molecule has 0 spiro atoms. The summed E-state index contributed by atoms with van der Waals surface area (Å²) in [5, 5.41) is 8.48. The van der Waals surface area contributed by atoms with Crippen molar-refractivity contribution in [3.05, 3.63) is 17.5 Å². The fourth-order valence-corrected chi connectivity index (χ4v) is 3.77. The molecule has 0 amide bonds. The Morgan fingerprint density at radius 2 is 2.05 bits per heavy atom. The van der Waals surface area contributed by atoms with Gasteiger partial charge in [0.05, 0.1) is 17.4 Å². The highest BCUT2D eigenvalue weighted by Gasteiger charge is 2.32. The first-order chi connectivity index (χ1) is 10.1. The van der Waals surface area contributed by atoms with Gasteiger partial charge in [-0.25, -0.2) is 0 Å². The monoisotopic (exact) mass is 291 g/mol. The van der Waals surface area contributed by atoms with Crippen molar-refractivity contribution in [3.63, 3.8) is 0 Å². The molecule has 1 saturated carbocycles. The van der Waals surface area contributed by atoms with Gasteiger partial charge in [-0.05, 0) is 63.5 Å². The van der Waals surface area contributed by atoms with Crippen molar-refractivity contribution in [2.24, 2.45) is 17.8 Å². The Bertz CT molecular complexity index is 438. The predicted molar refractivity (Wildman–Crippen MR) is 89.3 cm³/mol. The van der Waals surface area contributed by atoms with Gasteiger partial charge in [0.2, 0.25) is 0 Å². The van der Waals surface area contributed by atoms with Crippen molar-refractivity contribution >= 4 is 0 Å². The van der Waals surface area contributed by atoms with Crippen LogP contribution in [-0.2, 0) is 6.54 Å². The number of hydrogen-bond donors (Lipinski definition) is 1. The highest BCUT2D eigenvalue weighted by molar-refractivity contribution is 5.15. The minimum atomic E-state index is 0.473. The standard InChI is InChI=1S/C18H33N3/c1-6-10-19-18(16-9-8-13(3)14(4)11-16)17-12-15(5)20-21(17)7-2/h12-14,16,18-19H,6-11H2,1-5H3. The van der Waals surface area contributed by atoms with Crippen LogP contribution >= 0.6 is 0 Å². The summed E-state index contributed by atoms with van der Waals surface area (Å²) < 4.78 is 2.20. The Labute approximate surface area is 130 Å². The molecule has 1 fully saturated rings. The van der Waals surface area contributed by atoms with Crippen LogP contribution in [0.3, 0.4) is 0 Å². The van der Waals surface area contributed by atoms with E-state index in [1.807, 2.05) is 0 Å². The van der Waals surface area contributed by atoms with E-state index in [2.05, 4.69) is 55.8 Å². The average Bonchev–Trinajstić information content (AvgIpc) is 2.84. The lowest BCUT2D eigenvalue weighted by Crippen LogP contribution is -2.35. The summed E-state index contributed by atoms with van der Waals surface area (Å²) in [4.78, 5) is 0. The first-order valence-corrected chi connectivity index (χ1v) is 8.84. The van der Waals surface area contributed by atoms with Crippen LogP contribution < -0.4 is 5.32 Å². The molecule has 120 valence electrons. The molecule has 2 rings (SSSR count). The lowest BCUT2D eigenvalue weighted by molar-refractivity contribution is 0.167. The largest absolute Gasteiger partial charge is 0.308 e. The van der Waals surface area contributed by atoms with Gasteiger partial charge in [-0.2, -0.15) is 5.10 Å². The maximum Gasteiger partial charge on any atom is 0.0597 e. The first kappa shape index (κ1) is 16.5. The average molecular weight is 291 g/mol. The summed E-state index contributed by atoms with van der Waals surface area (Å²) in [5.41, 5.74) is 2.54. The normalized spacial score (nSPS) is 27.8. The molecule has 1 N–H and O–H groups in total. The summed E-state index contributed by atoms with van der Waals surface area (Å²) in [6.45, 7) is 13.4. The zero-order valence-electron chi connectivity index (χ0n) is 14.5. The van der Waals surface area contributed by atoms with E-state index in [9.17, 15) is 0 Å². The van der Waals surface area contributed by atoms with E-state index in [1.165, 1.54) is 31.4 Å². The van der Waals surface area contributed by atoms with Crippen LogP contribution in [0, 0.1) is 24.7 Å². The summed E-state index contributed by atoms with van der Waals surface area (Å²) in [6.07, 6.45) is 5.25. The molecule has 0 aromatic carbocycles. The second-order valence-corrected chi connectivity index (χ2v) is 6.99. The second-order valence-electron chi connectivity index (χ2n) is 6.99. The number of hydrogen-bond acceptors (Lipinski definition) is 2. The third kappa shape index (κ3) is 3.88. The van der Waals surface area contributed by atoms with Crippen molar-refractivity contribution in [1.29, 1.82) is 0 Å². The Morgan fingerprint density at radius 1 is 1.29 bits per heavy atom. The van der Waals surface area contributed by atoms with Crippen LogP contribution in [0.25, 0.3) is 0 Å². The van der Waals surface area contributed by atoms with Crippen LogP contribution in [0.5, 0.6) is 0 Å². The molecule has 21 heavy (non-hydrogen) atoms. The van der Waals surface area contributed by atoms with Crippen molar-refractivity contribution in [3.8, 4) is 0 Å². The van der Waals surface area contributed by atoms with E-state index in [4.69, 9.17) is 0 Å². The molecule has 0 saturated heterocycles. The first-order valence-electron chi connectivity index (χ1n) is 8.84. The molecule has 1 heterocycles. The topological polar surface area (TPSA) is 29.9 Å². The smallest absolute Gasteiger partial charge is 0.0597 e. The zero-order valence-corrected chi connectivity index (χ0v) is 14.5. The molecule has 0 bridgehead atoms. The Morgan fingerprint density at radius 3 is 2.67 bits per heavy atom. The maximum atomic E-state index is 4.66. The lowest BCUT2D eigenvalue weighted by atomic mass is 9.72. The molecular weight excluding hydrogens is 258 g/mol. The highest BCUT2D eigenvalue weighted by Crippen LogP contribution is 2.40. The zero-order chi connectivity index (χ0) is 15.4. The number of nitrogens with one attached hydrogen (secondary N) is 1. The van der Waals surface area contributed by atoms with Crippen molar-refractivity contribution in [2.75, 3.05) is 6.54 Å². The summed E-state index contributed by atoms with van der Waals surface area (Å²) in [6, 6.07) is 2.76. The predicted octanol–water partition coefficient (Wildman–Crippen LogP) is 4.32. The summed E-state index contributed by atoms with van der Waals surface area (Å²) in [5.74, 6) is 2.48. The van der Waals surface area contributed by atoms with Gasteiger partial charge in [0.1, 0.15) is 0 Å². The van der Waals surface area contributed by atoms with Gasteiger partial charge in [-0.3, -0.25) is 4.68 Å². The Balaban J connectivity index is 2.21. The third-order valence-corrected chi connectivity index (χ3v) is 5.28. The molecule has 3 nitrogen and oxygen atoms in total. The van der Waals surface area contributed by atoms with Gasteiger partial charge in [0, 0.05) is 6.54 Å². The van der Waals surface area contributed by atoms with Crippen LogP contribution in [-0.4, -0.2) is 16.3 Å². The number of nitrogens with zero attached hydrogens (tertiary/aromatic N) is 2. The molecule has 0 radical (unpaired) electrons. The Hall–Kier alpha value is -0.830. The van der Waals surface area contributed by atoms with Gasteiger partial charge in [0.25, 0.3) is 0 Å². The van der Waals surface area contributed by atoms with Gasteiger partial charge in [-0.15, -0.1) is 0 Å². The van der Waals surface area contributed by atoms with E-state index < -0.39 is 0 Å². The second kappa shape index (κ2) is 7.44. The molecule has 0 aliphatic heterocycles. The van der Waals surface area contributed by atoms with Gasteiger partial charge in [-0.1, -0.05) is 27.2 Å². The SMILES string of the molecule is CCCNC(c1cc(C)nn1CC)C1CCC(C)C(C)C1. The molecule has 1 aliphatic carbocycles. The van der Waals surface area contributed by atoms with Crippen molar-refractivity contribution in [1.82, 2.24) is 15.1 Å². The van der Waals surface area contributed by atoms with E-state index in [1.54, 1.807) is 0 Å². The van der Waals surface area contributed by atoms with E-state index in [0.717, 1.165) is 36.5 Å². The fourth-order valence-electron chi connectivity index (χ4n) is 3.77. The van der Waals surface area contributed by atoms with E-state index in [0.29, 0.717) is 6.04 Å². The summed E-state index contributed by atoms with van der Waals surface area (Å²) >= 11 is 0. The van der Waals surface area contributed by atoms with E-state index >= 15 is 0 Å². The number of aryl methyl sites for hydroxylation is 2. The molecule has 1 aromatic heterocycles. The number of aromatic nitrogens is 2. The van der Waals surface area contributed by atoms with Crippen molar-refractivity contribution < 1.29 is 0 Å². The minimum absolute atomic E-state index is 0.473. The molecule has 4 unspecified atom stereocenters.